The van der Waals surface area contributed by atoms with Gasteiger partial charge < -0.3 is 4.98 Å². The molecule has 5 rings (SSSR count). The van der Waals surface area contributed by atoms with Gasteiger partial charge in [0.25, 0.3) is 0 Å². The third kappa shape index (κ3) is 1.84. The van der Waals surface area contributed by atoms with Crippen molar-refractivity contribution in [3.05, 3.63) is 55.0 Å². The molecule has 0 aliphatic carbocycles. The van der Waals surface area contributed by atoms with E-state index in [1.54, 1.807) is 7.05 Å². The normalized spacial score (nSPS) is 11.5. The van der Waals surface area contributed by atoms with Crippen molar-refractivity contribution in [3.63, 3.8) is 0 Å². The Balaban J connectivity index is 1.74. The van der Waals surface area contributed by atoms with Crippen LogP contribution < -0.4 is 0 Å². The number of nitrogens with one attached hydrogen (secondary N) is 1. The lowest BCUT2D eigenvalue weighted by Crippen LogP contribution is -1.93. The van der Waals surface area contributed by atoms with E-state index >= 15 is 0 Å². The molecule has 0 unspecified atom stereocenters. The van der Waals surface area contributed by atoms with Crippen molar-refractivity contribution < 1.29 is 0 Å². The monoisotopic (exact) mass is 315 g/mol. The van der Waals surface area contributed by atoms with Crippen molar-refractivity contribution in [2.24, 2.45) is 7.05 Å². The first kappa shape index (κ1) is 13.0. The number of hydrogen-bond acceptors (Lipinski definition) is 4. The predicted octanol–water partition coefficient (Wildman–Crippen LogP) is 2.70. The van der Waals surface area contributed by atoms with Gasteiger partial charge in [-0.05, 0) is 41.6 Å². The van der Waals surface area contributed by atoms with Gasteiger partial charge in [0.1, 0.15) is 5.65 Å². The largest absolute Gasteiger partial charge is 0.359 e. The third-order valence-corrected chi connectivity index (χ3v) is 4.13. The predicted molar refractivity (Wildman–Crippen MR) is 90.7 cm³/mol. The van der Waals surface area contributed by atoms with Crippen LogP contribution >= 0.6 is 0 Å². The van der Waals surface area contributed by atoms with E-state index in [2.05, 4.69) is 48.1 Å². The summed E-state index contributed by atoms with van der Waals surface area (Å²) in [6.45, 7) is 0. The number of rotatable bonds is 2. The second-order valence-electron chi connectivity index (χ2n) is 5.64. The Morgan fingerprint density at radius 1 is 1.12 bits per heavy atom. The molecule has 116 valence electrons. The lowest BCUT2D eigenvalue weighted by molar-refractivity contribution is 0.630. The van der Waals surface area contributed by atoms with Crippen LogP contribution in [-0.2, 0) is 7.05 Å². The minimum Gasteiger partial charge on any atom is -0.359 e. The highest BCUT2D eigenvalue weighted by atomic mass is 15.6. The lowest BCUT2D eigenvalue weighted by Gasteiger charge is -2.03. The molecular weight excluding hydrogens is 302 g/mol. The summed E-state index contributed by atoms with van der Waals surface area (Å²) in [5.74, 6) is 0.613. The number of H-pyrrole nitrogens is 1. The molecule has 0 aliphatic heterocycles. The minimum atomic E-state index is 0.613. The fourth-order valence-corrected chi connectivity index (χ4v) is 3.00. The summed E-state index contributed by atoms with van der Waals surface area (Å²) >= 11 is 0. The molecule has 7 heteroatoms. The lowest BCUT2D eigenvalue weighted by atomic mass is 10.1. The van der Waals surface area contributed by atoms with Crippen molar-refractivity contribution in [2.45, 2.75) is 0 Å². The number of aryl methyl sites for hydroxylation is 1. The molecule has 0 atom stereocenters. The average molecular weight is 315 g/mol. The Kier molecular flexibility index (Phi) is 2.58. The van der Waals surface area contributed by atoms with Crippen LogP contribution in [0.25, 0.3) is 39.0 Å². The zero-order valence-electron chi connectivity index (χ0n) is 12.9. The number of tetrazole rings is 1. The summed E-state index contributed by atoms with van der Waals surface area (Å²) in [5, 5.41) is 14.5. The van der Waals surface area contributed by atoms with Crippen LogP contribution in [-0.4, -0.2) is 34.7 Å². The minimum absolute atomic E-state index is 0.613. The topological polar surface area (TPSA) is 77.2 Å². The molecule has 1 N–H and O–H groups in total. The van der Waals surface area contributed by atoms with E-state index in [1.807, 2.05) is 36.8 Å². The van der Waals surface area contributed by atoms with E-state index in [0.717, 1.165) is 33.2 Å². The maximum Gasteiger partial charge on any atom is 0.204 e. The Labute approximate surface area is 136 Å². The molecule has 0 radical (unpaired) electrons. The first-order chi connectivity index (χ1) is 11.8. The van der Waals surface area contributed by atoms with Crippen molar-refractivity contribution in [1.29, 1.82) is 0 Å². The molecule has 4 aromatic heterocycles. The summed E-state index contributed by atoms with van der Waals surface area (Å²) in [6.07, 6.45) is 5.84. The van der Waals surface area contributed by atoms with Gasteiger partial charge in [-0.2, -0.15) is 4.80 Å². The van der Waals surface area contributed by atoms with Gasteiger partial charge in [0.05, 0.1) is 12.7 Å². The van der Waals surface area contributed by atoms with Crippen LogP contribution in [0.2, 0.25) is 0 Å². The van der Waals surface area contributed by atoms with Crippen LogP contribution in [0, 0.1) is 0 Å². The second kappa shape index (κ2) is 4.76. The SMILES string of the molecule is Cn1nnc(-c2ccc3[nH]cc(-n4ccc5cccnc54)c3c2)n1. The van der Waals surface area contributed by atoms with Crippen molar-refractivity contribution >= 4 is 21.9 Å². The Morgan fingerprint density at radius 3 is 2.96 bits per heavy atom. The van der Waals surface area contributed by atoms with Gasteiger partial charge in [-0.3, -0.25) is 4.57 Å². The fourth-order valence-electron chi connectivity index (χ4n) is 3.00. The number of aromatic amines is 1. The quantitative estimate of drug-likeness (QED) is 0.543. The second-order valence-corrected chi connectivity index (χ2v) is 5.64. The molecule has 0 saturated heterocycles. The fraction of sp³-hybridized carbons (Fsp3) is 0.0588. The molecule has 0 aliphatic rings. The van der Waals surface area contributed by atoms with E-state index in [-0.39, 0.29) is 0 Å². The smallest absolute Gasteiger partial charge is 0.204 e. The Morgan fingerprint density at radius 2 is 2.08 bits per heavy atom. The number of aromatic nitrogens is 7. The van der Waals surface area contributed by atoms with Crippen LogP contribution in [0.4, 0.5) is 0 Å². The first-order valence-electron chi connectivity index (χ1n) is 7.57. The summed E-state index contributed by atoms with van der Waals surface area (Å²) in [4.78, 5) is 9.27. The van der Waals surface area contributed by atoms with Crippen molar-refractivity contribution in [3.8, 4) is 17.1 Å². The van der Waals surface area contributed by atoms with E-state index in [1.165, 1.54) is 4.80 Å². The van der Waals surface area contributed by atoms with Gasteiger partial charge in [0, 0.05) is 40.4 Å². The molecule has 5 aromatic rings. The summed E-state index contributed by atoms with van der Waals surface area (Å²) in [6, 6.07) is 12.2. The molecule has 1 aromatic carbocycles. The van der Waals surface area contributed by atoms with Crippen LogP contribution in [0.5, 0.6) is 0 Å². The van der Waals surface area contributed by atoms with E-state index in [9.17, 15) is 0 Å². The molecular formula is C17H13N7. The number of benzene rings is 1. The molecule has 0 bridgehead atoms. The van der Waals surface area contributed by atoms with Crippen LogP contribution in [0.15, 0.2) is 55.0 Å². The molecule has 0 saturated carbocycles. The molecule has 24 heavy (non-hydrogen) atoms. The first-order valence-corrected chi connectivity index (χ1v) is 7.57. The van der Waals surface area contributed by atoms with Gasteiger partial charge in [-0.1, -0.05) is 0 Å². The standard InChI is InChI=1S/C17H13N7/c1-23-21-16(20-22-23)12-4-5-14-13(9-12)15(10-19-14)24-8-6-11-3-2-7-18-17(11)24/h2-10,19H,1H3. The molecule has 0 amide bonds. The maximum absolute atomic E-state index is 4.50. The maximum atomic E-state index is 4.50. The number of hydrogen-bond donors (Lipinski definition) is 1. The van der Waals surface area contributed by atoms with Gasteiger partial charge in [-0.15, -0.1) is 10.2 Å². The highest BCUT2D eigenvalue weighted by molar-refractivity contribution is 5.93. The molecule has 0 spiro atoms. The summed E-state index contributed by atoms with van der Waals surface area (Å²) in [7, 11) is 1.76. The Bertz CT molecular complexity index is 1180. The highest BCUT2D eigenvalue weighted by Crippen LogP contribution is 2.28. The summed E-state index contributed by atoms with van der Waals surface area (Å²) < 4.78 is 2.09. The molecule has 0 fully saturated rings. The van der Waals surface area contributed by atoms with E-state index in [0.29, 0.717) is 5.82 Å². The van der Waals surface area contributed by atoms with Crippen LogP contribution in [0.1, 0.15) is 0 Å². The van der Waals surface area contributed by atoms with Gasteiger partial charge in [-0.25, -0.2) is 4.98 Å². The van der Waals surface area contributed by atoms with Crippen LogP contribution in [0.3, 0.4) is 0 Å². The van der Waals surface area contributed by atoms with Gasteiger partial charge in [0.15, 0.2) is 0 Å². The van der Waals surface area contributed by atoms with Crippen molar-refractivity contribution in [1.82, 2.24) is 34.7 Å². The number of nitrogens with zero attached hydrogens (tertiary/aromatic N) is 6. The summed E-state index contributed by atoms with van der Waals surface area (Å²) in [5.41, 5.74) is 3.96. The number of pyridine rings is 1. The zero-order chi connectivity index (χ0) is 16.1. The molecule has 7 nitrogen and oxygen atoms in total. The van der Waals surface area contributed by atoms with E-state index in [4.69, 9.17) is 0 Å². The molecule has 4 heterocycles. The average Bonchev–Trinajstić information content (AvgIpc) is 3.31. The third-order valence-electron chi connectivity index (χ3n) is 4.13. The number of fused-ring (bicyclic) bond motifs is 2. The van der Waals surface area contributed by atoms with Gasteiger partial charge in [0.2, 0.25) is 5.82 Å². The Hall–Kier alpha value is -3.48. The zero-order valence-corrected chi connectivity index (χ0v) is 12.9. The van der Waals surface area contributed by atoms with Gasteiger partial charge >= 0.3 is 0 Å². The highest BCUT2D eigenvalue weighted by Gasteiger charge is 2.12. The van der Waals surface area contributed by atoms with Crippen molar-refractivity contribution in [2.75, 3.05) is 0 Å². The van der Waals surface area contributed by atoms with E-state index < -0.39 is 0 Å².